The molecule has 3 aromatic rings. The highest BCUT2D eigenvalue weighted by Crippen LogP contribution is 2.55. The standard InChI is InChI=1S/C38H50FN3O8SSi/c1-37(2,3)52(9,10)50-21-19-25-13-17-32(48-7)29(22-25)38(41-20-11-12-31(41)35(43)40(4)5)28-23-26(39)14-16-30(28)42(36(38)44)51(45,46)34-18-15-27(47-6)24-33(34)49-8/h13-18,22-24,31H,11-12,19-21H2,1-10H3/t31-,38?/m0/s1. The molecule has 0 bridgehead atoms. The molecule has 5 rings (SSSR count). The third-order valence-electron chi connectivity index (χ3n) is 10.7. The number of halogens is 1. The Morgan fingerprint density at radius 3 is 2.27 bits per heavy atom. The first-order valence-electron chi connectivity index (χ1n) is 17.3. The summed E-state index contributed by atoms with van der Waals surface area (Å²) in [5.41, 5.74) is -0.846. The van der Waals surface area contributed by atoms with Crippen LogP contribution < -0.4 is 18.5 Å². The van der Waals surface area contributed by atoms with Crippen molar-refractivity contribution in [1.29, 1.82) is 0 Å². The Hall–Kier alpha value is -3.98. The Bertz CT molecular complexity index is 1970. The van der Waals surface area contributed by atoms with E-state index in [2.05, 4.69) is 33.9 Å². The summed E-state index contributed by atoms with van der Waals surface area (Å²) in [6.45, 7) is 11.5. The lowest BCUT2D eigenvalue weighted by molar-refractivity contribution is -0.138. The topological polar surface area (TPSA) is 115 Å². The van der Waals surface area contributed by atoms with Crippen molar-refractivity contribution in [2.24, 2.45) is 0 Å². The van der Waals surface area contributed by atoms with Crippen LogP contribution in [0.4, 0.5) is 10.1 Å². The molecule has 1 saturated heterocycles. The molecular formula is C38H50FN3O8SSi. The van der Waals surface area contributed by atoms with Crippen molar-refractivity contribution < 1.29 is 41.0 Å². The molecule has 1 fully saturated rings. The highest BCUT2D eigenvalue weighted by molar-refractivity contribution is 7.93. The number of rotatable bonds is 12. The van der Waals surface area contributed by atoms with E-state index in [0.717, 1.165) is 11.6 Å². The van der Waals surface area contributed by atoms with Gasteiger partial charge in [-0.2, -0.15) is 0 Å². The van der Waals surface area contributed by atoms with Crippen molar-refractivity contribution in [3.63, 3.8) is 0 Å². The van der Waals surface area contributed by atoms with E-state index in [0.29, 0.717) is 41.5 Å². The monoisotopic (exact) mass is 755 g/mol. The lowest BCUT2D eigenvalue weighted by Crippen LogP contribution is -2.59. The third kappa shape index (κ3) is 6.58. The van der Waals surface area contributed by atoms with Gasteiger partial charge in [-0.25, -0.2) is 17.1 Å². The Kier molecular flexibility index (Phi) is 10.9. The van der Waals surface area contributed by atoms with E-state index in [1.165, 1.54) is 56.6 Å². The molecule has 2 heterocycles. The molecule has 52 heavy (non-hydrogen) atoms. The lowest BCUT2D eigenvalue weighted by Gasteiger charge is -2.42. The van der Waals surface area contributed by atoms with E-state index in [4.69, 9.17) is 18.6 Å². The van der Waals surface area contributed by atoms with E-state index in [-0.39, 0.29) is 45.1 Å². The normalized spacial score (nSPS) is 19.5. The van der Waals surface area contributed by atoms with E-state index in [1.54, 1.807) is 31.1 Å². The fourth-order valence-electron chi connectivity index (χ4n) is 6.92. The number of likely N-dealkylation sites (tertiary alicyclic amines) is 1. The van der Waals surface area contributed by atoms with Crippen LogP contribution in [-0.2, 0) is 36.0 Å². The molecule has 0 aliphatic carbocycles. The van der Waals surface area contributed by atoms with Crippen molar-refractivity contribution in [1.82, 2.24) is 9.80 Å². The minimum Gasteiger partial charge on any atom is -0.497 e. The summed E-state index contributed by atoms with van der Waals surface area (Å²) >= 11 is 0. The maximum atomic E-state index is 15.6. The van der Waals surface area contributed by atoms with Gasteiger partial charge < -0.3 is 23.5 Å². The number of hydrogen-bond donors (Lipinski definition) is 0. The maximum Gasteiger partial charge on any atom is 0.274 e. The van der Waals surface area contributed by atoms with Crippen LogP contribution in [-0.4, -0.2) is 93.0 Å². The van der Waals surface area contributed by atoms with Crippen LogP contribution in [0.15, 0.2) is 59.5 Å². The number of carbonyl (C=O) groups excluding carboxylic acids is 2. The molecule has 11 nitrogen and oxygen atoms in total. The van der Waals surface area contributed by atoms with Gasteiger partial charge in [-0.05, 0) is 85.4 Å². The third-order valence-corrected chi connectivity index (χ3v) is 16.9. The van der Waals surface area contributed by atoms with Crippen LogP contribution in [0.25, 0.3) is 0 Å². The molecule has 3 aromatic carbocycles. The number of carbonyl (C=O) groups is 2. The zero-order valence-corrected chi connectivity index (χ0v) is 33.5. The number of benzene rings is 3. The molecule has 2 amide bonds. The molecule has 2 aliphatic heterocycles. The van der Waals surface area contributed by atoms with Crippen LogP contribution in [0.2, 0.25) is 18.1 Å². The number of likely N-dealkylation sites (N-methyl/N-ethyl adjacent to an activating group) is 1. The van der Waals surface area contributed by atoms with Crippen LogP contribution >= 0.6 is 0 Å². The van der Waals surface area contributed by atoms with E-state index >= 15 is 9.18 Å². The molecule has 282 valence electrons. The maximum absolute atomic E-state index is 15.6. The SMILES string of the molecule is COc1ccc(S(=O)(=O)N2C(=O)C(c3cc(CCO[Si](C)(C)C(C)(C)C)ccc3OC)(N3CCC[C@H]3C(=O)N(C)C)c3cc(F)ccc32)c(OC)c1. The Balaban J connectivity index is 1.79. The van der Waals surface area contributed by atoms with Gasteiger partial charge in [-0.3, -0.25) is 14.5 Å². The van der Waals surface area contributed by atoms with Gasteiger partial charge in [0.2, 0.25) is 5.91 Å². The van der Waals surface area contributed by atoms with Crippen LogP contribution in [0.5, 0.6) is 17.2 Å². The van der Waals surface area contributed by atoms with E-state index in [9.17, 15) is 13.2 Å². The summed E-state index contributed by atoms with van der Waals surface area (Å²) < 4.78 is 69.1. The highest BCUT2D eigenvalue weighted by Gasteiger charge is 2.63. The first-order valence-corrected chi connectivity index (χ1v) is 21.6. The second-order valence-electron chi connectivity index (χ2n) is 14.9. The molecule has 0 aromatic heterocycles. The largest absolute Gasteiger partial charge is 0.497 e. The Morgan fingerprint density at radius 1 is 0.962 bits per heavy atom. The Labute approximate surface area is 307 Å². The van der Waals surface area contributed by atoms with Crippen LogP contribution in [0.1, 0.15) is 50.3 Å². The number of hydrogen-bond acceptors (Lipinski definition) is 9. The van der Waals surface area contributed by atoms with Crippen molar-refractivity contribution >= 4 is 35.8 Å². The van der Waals surface area contributed by atoms with Gasteiger partial charge in [0.05, 0.1) is 33.1 Å². The molecular weight excluding hydrogens is 706 g/mol. The van der Waals surface area contributed by atoms with E-state index < -0.39 is 41.6 Å². The molecule has 0 saturated carbocycles. The molecule has 14 heteroatoms. The summed E-state index contributed by atoms with van der Waals surface area (Å²) in [6, 6.07) is 12.4. The predicted molar refractivity (Wildman–Crippen MR) is 200 cm³/mol. The molecule has 2 atom stereocenters. The zero-order valence-electron chi connectivity index (χ0n) is 31.7. The summed E-state index contributed by atoms with van der Waals surface area (Å²) in [4.78, 5) is 32.3. The quantitative estimate of drug-likeness (QED) is 0.207. The van der Waals surface area contributed by atoms with Crippen molar-refractivity contribution in [2.75, 3.05) is 52.9 Å². The van der Waals surface area contributed by atoms with E-state index in [1.807, 2.05) is 6.07 Å². The van der Waals surface area contributed by atoms with Gasteiger partial charge in [0.1, 0.15) is 28.0 Å². The average Bonchev–Trinajstić information content (AvgIpc) is 3.67. The number of fused-ring (bicyclic) bond motifs is 1. The molecule has 0 radical (unpaired) electrons. The van der Waals surface area contributed by atoms with Gasteiger partial charge in [-0.1, -0.05) is 26.8 Å². The smallest absolute Gasteiger partial charge is 0.274 e. The zero-order chi connectivity index (χ0) is 38.4. The lowest BCUT2D eigenvalue weighted by atomic mass is 9.80. The predicted octanol–water partition coefficient (Wildman–Crippen LogP) is 5.95. The van der Waals surface area contributed by atoms with Gasteiger partial charge in [0.15, 0.2) is 13.9 Å². The first kappa shape index (κ1) is 39.2. The fourth-order valence-corrected chi connectivity index (χ4v) is 9.57. The minimum atomic E-state index is -4.72. The number of nitrogens with zero attached hydrogens (tertiary/aromatic N) is 3. The van der Waals surface area contributed by atoms with Crippen LogP contribution in [0.3, 0.4) is 0 Å². The van der Waals surface area contributed by atoms with Crippen molar-refractivity contribution in [2.45, 2.75) is 74.6 Å². The Morgan fingerprint density at radius 2 is 1.65 bits per heavy atom. The van der Waals surface area contributed by atoms with Gasteiger partial charge in [0, 0.05) is 44.4 Å². The number of methoxy groups -OCH3 is 3. The second-order valence-corrected chi connectivity index (χ2v) is 21.5. The number of ether oxygens (including phenoxy) is 3. The van der Waals surface area contributed by atoms with Crippen LogP contribution in [0, 0.1) is 5.82 Å². The summed E-state index contributed by atoms with van der Waals surface area (Å²) in [5.74, 6) is -1.25. The second kappa shape index (κ2) is 14.4. The molecule has 1 unspecified atom stereocenters. The number of amides is 2. The first-order chi connectivity index (χ1) is 24.4. The van der Waals surface area contributed by atoms with Gasteiger partial charge in [-0.15, -0.1) is 0 Å². The average molecular weight is 756 g/mol. The van der Waals surface area contributed by atoms with Crippen molar-refractivity contribution in [3.8, 4) is 17.2 Å². The summed E-state index contributed by atoms with van der Waals surface area (Å²) in [5, 5.41) is -0.00255. The highest BCUT2D eigenvalue weighted by atomic mass is 32.2. The van der Waals surface area contributed by atoms with Gasteiger partial charge >= 0.3 is 0 Å². The number of sulfonamides is 1. The minimum absolute atomic E-state index is 0.00255. The molecule has 0 N–H and O–H groups in total. The van der Waals surface area contributed by atoms with Gasteiger partial charge in [0.25, 0.3) is 15.9 Å². The molecule has 0 spiro atoms. The number of anilines is 1. The molecule has 2 aliphatic rings. The van der Waals surface area contributed by atoms with Crippen molar-refractivity contribution in [3.05, 3.63) is 77.1 Å². The summed E-state index contributed by atoms with van der Waals surface area (Å²) in [7, 11) is 0.677. The summed E-state index contributed by atoms with van der Waals surface area (Å²) in [6.07, 6.45) is 1.42. The fraction of sp³-hybridized carbons (Fsp3) is 0.474.